The Hall–Kier alpha value is -3.81. The van der Waals surface area contributed by atoms with Crippen LogP contribution in [-0.4, -0.2) is 0 Å². The Balaban J connectivity index is 1.63. The van der Waals surface area contributed by atoms with E-state index in [0.717, 1.165) is 33.2 Å². The minimum Gasteiger partial charge on any atom is -0.310 e. The first kappa shape index (κ1) is 20.1. The second-order valence-corrected chi connectivity index (χ2v) is 8.04. The summed E-state index contributed by atoms with van der Waals surface area (Å²) >= 11 is 6.15. The van der Waals surface area contributed by atoms with Crippen molar-refractivity contribution >= 4 is 28.7 Å². The fourth-order valence-electron chi connectivity index (χ4n) is 3.98. The third-order valence-corrected chi connectivity index (χ3v) is 5.80. The van der Waals surface area contributed by atoms with Crippen molar-refractivity contribution in [3.8, 4) is 22.3 Å². The molecule has 2 heteroatoms. The van der Waals surface area contributed by atoms with E-state index in [1.807, 2.05) is 24.3 Å². The first-order valence-corrected chi connectivity index (χ1v) is 11.0. The summed E-state index contributed by atoms with van der Waals surface area (Å²) in [7, 11) is 0. The van der Waals surface area contributed by atoms with E-state index in [-0.39, 0.29) is 0 Å². The molecule has 0 heterocycles. The molecular formula is C30H22ClN. The van der Waals surface area contributed by atoms with Gasteiger partial charge in [-0.05, 0) is 59.2 Å². The predicted molar refractivity (Wildman–Crippen MR) is 137 cm³/mol. The van der Waals surface area contributed by atoms with Gasteiger partial charge in [-0.2, -0.15) is 0 Å². The topological polar surface area (TPSA) is 3.24 Å². The molecule has 0 bridgehead atoms. The Bertz CT molecular complexity index is 1290. The van der Waals surface area contributed by atoms with E-state index in [4.69, 9.17) is 11.6 Å². The maximum absolute atomic E-state index is 6.15. The van der Waals surface area contributed by atoms with E-state index < -0.39 is 0 Å². The lowest BCUT2D eigenvalue weighted by Crippen LogP contribution is -2.11. The van der Waals surface area contributed by atoms with Crippen LogP contribution in [0.15, 0.2) is 133 Å². The van der Waals surface area contributed by atoms with E-state index in [2.05, 4.69) is 114 Å². The normalized spacial score (nSPS) is 10.7. The molecule has 5 aromatic carbocycles. The molecule has 0 aliphatic heterocycles. The van der Waals surface area contributed by atoms with Crippen molar-refractivity contribution in [3.63, 3.8) is 0 Å². The van der Waals surface area contributed by atoms with Crippen LogP contribution in [-0.2, 0) is 0 Å². The summed E-state index contributed by atoms with van der Waals surface area (Å²) in [4.78, 5) is 2.30. The first-order chi connectivity index (χ1) is 15.8. The van der Waals surface area contributed by atoms with Gasteiger partial charge in [-0.1, -0.05) is 103 Å². The van der Waals surface area contributed by atoms with Gasteiger partial charge in [-0.3, -0.25) is 0 Å². The van der Waals surface area contributed by atoms with Crippen LogP contribution in [0.4, 0.5) is 17.1 Å². The van der Waals surface area contributed by atoms with Gasteiger partial charge in [-0.15, -0.1) is 0 Å². The fourth-order valence-corrected chi connectivity index (χ4v) is 4.11. The first-order valence-electron chi connectivity index (χ1n) is 10.7. The van der Waals surface area contributed by atoms with Crippen molar-refractivity contribution in [2.75, 3.05) is 4.90 Å². The third kappa shape index (κ3) is 4.16. The van der Waals surface area contributed by atoms with Gasteiger partial charge in [0.15, 0.2) is 0 Å². The van der Waals surface area contributed by atoms with Crippen LogP contribution in [0.25, 0.3) is 22.3 Å². The second-order valence-electron chi connectivity index (χ2n) is 7.61. The smallest absolute Gasteiger partial charge is 0.0540 e. The number of rotatable bonds is 5. The van der Waals surface area contributed by atoms with Gasteiger partial charge in [0.2, 0.25) is 0 Å². The van der Waals surface area contributed by atoms with Crippen molar-refractivity contribution in [1.29, 1.82) is 0 Å². The number of hydrogen-bond acceptors (Lipinski definition) is 1. The zero-order valence-electron chi connectivity index (χ0n) is 17.5. The zero-order valence-corrected chi connectivity index (χ0v) is 18.3. The monoisotopic (exact) mass is 431 g/mol. The van der Waals surface area contributed by atoms with Crippen molar-refractivity contribution in [2.24, 2.45) is 0 Å². The summed E-state index contributed by atoms with van der Waals surface area (Å²) in [5.41, 5.74) is 8.04. The van der Waals surface area contributed by atoms with Gasteiger partial charge in [0.25, 0.3) is 0 Å². The van der Waals surface area contributed by atoms with E-state index in [0.29, 0.717) is 0 Å². The Morgan fingerprint density at radius 2 is 0.906 bits per heavy atom. The Kier molecular flexibility index (Phi) is 5.74. The van der Waals surface area contributed by atoms with E-state index in [9.17, 15) is 0 Å². The largest absolute Gasteiger partial charge is 0.310 e. The number of anilines is 3. The molecule has 0 saturated heterocycles. The summed E-state index contributed by atoms with van der Waals surface area (Å²) in [5, 5.41) is 0.739. The van der Waals surface area contributed by atoms with Crippen LogP contribution in [0, 0.1) is 0 Å². The molecule has 0 unspecified atom stereocenters. The lowest BCUT2D eigenvalue weighted by Gasteiger charge is -2.28. The van der Waals surface area contributed by atoms with Crippen LogP contribution in [0.3, 0.4) is 0 Å². The van der Waals surface area contributed by atoms with Gasteiger partial charge in [0.05, 0.1) is 5.69 Å². The molecule has 0 N–H and O–H groups in total. The number of halogens is 1. The molecule has 154 valence electrons. The Morgan fingerprint density at radius 1 is 0.406 bits per heavy atom. The van der Waals surface area contributed by atoms with Crippen LogP contribution in [0.2, 0.25) is 5.02 Å². The quantitative estimate of drug-likeness (QED) is 0.268. The van der Waals surface area contributed by atoms with Gasteiger partial charge >= 0.3 is 0 Å². The number of benzene rings is 5. The highest BCUT2D eigenvalue weighted by molar-refractivity contribution is 6.30. The van der Waals surface area contributed by atoms with Crippen molar-refractivity contribution < 1.29 is 0 Å². The van der Waals surface area contributed by atoms with Crippen LogP contribution in [0.1, 0.15) is 0 Å². The maximum atomic E-state index is 6.15. The maximum Gasteiger partial charge on any atom is 0.0540 e. The summed E-state index contributed by atoms with van der Waals surface area (Å²) < 4.78 is 0. The zero-order chi connectivity index (χ0) is 21.8. The van der Waals surface area contributed by atoms with Crippen molar-refractivity contribution in [2.45, 2.75) is 0 Å². The van der Waals surface area contributed by atoms with Gasteiger partial charge in [-0.25, -0.2) is 0 Å². The lowest BCUT2D eigenvalue weighted by atomic mass is 10.0. The average molecular weight is 432 g/mol. The molecule has 0 aliphatic rings. The molecule has 0 atom stereocenters. The number of para-hydroxylation sites is 2. The second kappa shape index (κ2) is 9.13. The molecular weight excluding hydrogens is 410 g/mol. The van der Waals surface area contributed by atoms with Crippen LogP contribution in [0.5, 0.6) is 0 Å². The van der Waals surface area contributed by atoms with Crippen molar-refractivity contribution in [1.82, 2.24) is 0 Å². The molecule has 5 rings (SSSR count). The van der Waals surface area contributed by atoms with E-state index in [1.54, 1.807) is 0 Å². The fraction of sp³-hybridized carbons (Fsp3) is 0. The highest BCUT2D eigenvalue weighted by Gasteiger charge is 2.16. The molecule has 5 aromatic rings. The number of nitrogens with zero attached hydrogens (tertiary/aromatic N) is 1. The molecule has 32 heavy (non-hydrogen) atoms. The highest BCUT2D eigenvalue weighted by Crippen LogP contribution is 2.41. The minimum absolute atomic E-state index is 0.739. The molecule has 0 aromatic heterocycles. The summed E-state index contributed by atoms with van der Waals surface area (Å²) in [5.74, 6) is 0. The molecule has 0 radical (unpaired) electrons. The lowest BCUT2D eigenvalue weighted by molar-refractivity contribution is 1.28. The molecule has 0 saturated carbocycles. The van der Waals surface area contributed by atoms with Crippen LogP contribution >= 0.6 is 11.6 Å². The van der Waals surface area contributed by atoms with Gasteiger partial charge in [0, 0.05) is 22.0 Å². The molecule has 0 aliphatic carbocycles. The average Bonchev–Trinajstić information content (AvgIpc) is 2.87. The predicted octanol–water partition coefficient (Wildman–Crippen LogP) is 9.14. The van der Waals surface area contributed by atoms with Crippen LogP contribution < -0.4 is 4.90 Å². The highest BCUT2D eigenvalue weighted by atomic mass is 35.5. The summed E-state index contributed by atoms with van der Waals surface area (Å²) in [6, 6.07) is 46.2. The van der Waals surface area contributed by atoms with Crippen molar-refractivity contribution in [3.05, 3.63) is 138 Å². The third-order valence-electron chi connectivity index (χ3n) is 5.55. The Morgan fingerprint density at radius 3 is 1.59 bits per heavy atom. The standard InChI is InChI=1S/C30H22ClN/c31-26-19-15-25(16-20-26)29-13-7-8-14-30(29)32(27-11-5-2-6-12-27)28-21-17-24(18-22-28)23-9-3-1-4-10-23/h1-22H. The van der Waals surface area contributed by atoms with E-state index >= 15 is 0 Å². The molecule has 1 nitrogen and oxygen atoms in total. The summed E-state index contributed by atoms with van der Waals surface area (Å²) in [6.45, 7) is 0. The van der Waals surface area contributed by atoms with Gasteiger partial charge < -0.3 is 4.90 Å². The molecule has 0 fully saturated rings. The van der Waals surface area contributed by atoms with Gasteiger partial charge in [0.1, 0.15) is 0 Å². The molecule has 0 amide bonds. The Labute approximate surface area is 194 Å². The molecule has 0 spiro atoms. The summed E-state index contributed by atoms with van der Waals surface area (Å²) in [6.07, 6.45) is 0. The van der Waals surface area contributed by atoms with E-state index in [1.165, 1.54) is 11.1 Å². The minimum atomic E-state index is 0.739. The number of hydrogen-bond donors (Lipinski definition) is 0. The SMILES string of the molecule is Clc1ccc(-c2ccccc2N(c2ccccc2)c2ccc(-c3ccccc3)cc2)cc1.